The van der Waals surface area contributed by atoms with Gasteiger partial charge in [-0.3, -0.25) is 9.59 Å². The summed E-state index contributed by atoms with van der Waals surface area (Å²) in [4.78, 5) is 20.4. The van der Waals surface area contributed by atoms with Crippen LogP contribution >= 0.6 is 0 Å². The molecular formula is C13H22O2. The number of hydrogen-bond donors (Lipinski definition) is 0. The van der Waals surface area contributed by atoms with E-state index in [1.54, 1.807) is 0 Å². The Balaban J connectivity index is 0. The van der Waals surface area contributed by atoms with Gasteiger partial charge in [0.05, 0.1) is 0 Å². The summed E-state index contributed by atoms with van der Waals surface area (Å²) in [6, 6.07) is 0. The molecule has 0 spiro atoms. The molecule has 86 valence electrons. The van der Waals surface area contributed by atoms with E-state index in [-0.39, 0.29) is 11.6 Å². The highest BCUT2D eigenvalue weighted by molar-refractivity contribution is 5.88. The predicted molar refractivity (Wildman–Crippen MR) is 64.8 cm³/mol. The average Bonchev–Trinajstić information content (AvgIpc) is 2.24. The molecule has 0 unspecified atom stereocenters. The third kappa shape index (κ3) is 19.3. The Morgan fingerprint density at radius 3 is 1.93 bits per heavy atom. The van der Waals surface area contributed by atoms with Crippen LogP contribution in [-0.2, 0) is 9.59 Å². The van der Waals surface area contributed by atoms with E-state index in [9.17, 15) is 9.59 Å². The number of carbonyl (C=O) groups is 2. The molecule has 0 aliphatic carbocycles. The van der Waals surface area contributed by atoms with Gasteiger partial charge in [0.25, 0.3) is 0 Å². The lowest BCUT2D eigenvalue weighted by atomic mass is 10.1. The number of hydrogen-bond acceptors (Lipinski definition) is 2. The lowest BCUT2D eigenvalue weighted by Gasteiger charge is -1.94. The van der Waals surface area contributed by atoms with Crippen molar-refractivity contribution in [2.45, 2.75) is 46.0 Å². The molecule has 0 bridgehead atoms. The van der Waals surface area contributed by atoms with Gasteiger partial charge < -0.3 is 0 Å². The normalized spacial score (nSPS) is 8.40. The largest absolute Gasteiger partial charge is 0.295 e. The van der Waals surface area contributed by atoms with Crippen molar-refractivity contribution >= 4 is 11.6 Å². The summed E-state index contributed by atoms with van der Waals surface area (Å²) in [5, 5.41) is 0. The fourth-order valence-corrected chi connectivity index (χ4v) is 0.828. The first-order valence-corrected chi connectivity index (χ1v) is 5.36. The number of carbonyl (C=O) groups excluding carboxylic acids is 2. The zero-order valence-corrected chi connectivity index (χ0v) is 9.92. The first-order chi connectivity index (χ1) is 7.08. The van der Waals surface area contributed by atoms with E-state index in [2.05, 4.69) is 20.1 Å². The van der Waals surface area contributed by atoms with E-state index in [4.69, 9.17) is 0 Å². The van der Waals surface area contributed by atoms with Crippen LogP contribution in [0.2, 0.25) is 0 Å². The zero-order valence-electron chi connectivity index (χ0n) is 9.92. The molecule has 0 rings (SSSR count). The minimum atomic E-state index is 0.0185. The number of rotatable bonds is 7. The molecule has 0 saturated carbocycles. The lowest BCUT2D eigenvalue weighted by molar-refractivity contribution is -0.115. The molecule has 0 N–H and O–H groups in total. The first kappa shape index (κ1) is 16.3. The molecule has 0 fully saturated rings. The average molecular weight is 210 g/mol. The Labute approximate surface area is 93.1 Å². The third-order valence-corrected chi connectivity index (χ3v) is 1.79. The van der Waals surface area contributed by atoms with Crippen LogP contribution in [0.5, 0.6) is 0 Å². The van der Waals surface area contributed by atoms with Crippen LogP contribution < -0.4 is 0 Å². The molecule has 0 aromatic rings. The van der Waals surface area contributed by atoms with Gasteiger partial charge in [0.15, 0.2) is 11.6 Å². The molecule has 0 amide bonds. The van der Waals surface area contributed by atoms with E-state index >= 15 is 0 Å². The van der Waals surface area contributed by atoms with Crippen molar-refractivity contribution < 1.29 is 9.59 Å². The highest BCUT2D eigenvalue weighted by Gasteiger charge is 1.93. The molecule has 0 atom stereocenters. The van der Waals surface area contributed by atoms with Crippen LogP contribution in [0.3, 0.4) is 0 Å². The van der Waals surface area contributed by atoms with Gasteiger partial charge in [-0.2, -0.15) is 0 Å². The van der Waals surface area contributed by atoms with Crippen LogP contribution in [0.15, 0.2) is 25.3 Å². The van der Waals surface area contributed by atoms with Gasteiger partial charge in [0, 0.05) is 6.42 Å². The SMILES string of the molecule is C=CC(=O)CCCCCC.C=CC(C)=O. The molecule has 0 aliphatic heterocycles. The summed E-state index contributed by atoms with van der Waals surface area (Å²) in [5.41, 5.74) is 0. The predicted octanol–water partition coefficient (Wildman–Crippen LogP) is 3.47. The van der Waals surface area contributed by atoms with Gasteiger partial charge >= 0.3 is 0 Å². The summed E-state index contributed by atoms with van der Waals surface area (Å²) < 4.78 is 0. The second kappa shape index (κ2) is 12.8. The maximum Gasteiger partial charge on any atom is 0.155 e. The molecule has 15 heavy (non-hydrogen) atoms. The van der Waals surface area contributed by atoms with Crippen molar-refractivity contribution in [3.8, 4) is 0 Å². The monoisotopic (exact) mass is 210 g/mol. The molecule has 2 nitrogen and oxygen atoms in total. The van der Waals surface area contributed by atoms with Crippen LogP contribution in [0.25, 0.3) is 0 Å². The Morgan fingerprint density at radius 2 is 1.60 bits per heavy atom. The van der Waals surface area contributed by atoms with E-state index in [1.807, 2.05) is 0 Å². The van der Waals surface area contributed by atoms with Crippen molar-refractivity contribution in [1.29, 1.82) is 0 Å². The minimum absolute atomic E-state index is 0.0185. The van der Waals surface area contributed by atoms with Crippen LogP contribution in [0, 0.1) is 0 Å². The number of unbranched alkanes of at least 4 members (excludes halogenated alkanes) is 3. The summed E-state index contributed by atoms with van der Waals surface area (Å²) >= 11 is 0. The fourth-order valence-electron chi connectivity index (χ4n) is 0.828. The van der Waals surface area contributed by atoms with Gasteiger partial charge in [-0.15, -0.1) is 0 Å². The number of ketones is 2. The molecular weight excluding hydrogens is 188 g/mol. The Bertz CT molecular complexity index is 205. The highest BCUT2D eigenvalue weighted by Crippen LogP contribution is 2.02. The van der Waals surface area contributed by atoms with Crippen molar-refractivity contribution in [3.05, 3.63) is 25.3 Å². The van der Waals surface area contributed by atoms with Crippen molar-refractivity contribution in [2.24, 2.45) is 0 Å². The van der Waals surface area contributed by atoms with Gasteiger partial charge in [-0.1, -0.05) is 39.3 Å². The second-order valence-corrected chi connectivity index (χ2v) is 3.30. The van der Waals surface area contributed by atoms with E-state index in [1.165, 1.54) is 38.3 Å². The van der Waals surface area contributed by atoms with E-state index in [0.717, 1.165) is 6.42 Å². The molecule has 0 saturated heterocycles. The minimum Gasteiger partial charge on any atom is -0.295 e. The van der Waals surface area contributed by atoms with Crippen LogP contribution in [-0.4, -0.2) is 11.6 Å². The summed E-state index contributed by atoms with van der Waals surface area (Å²) in [6.45, 7) is 10.2. The molecule has 0 radical (unpaired) electrons. The van der Waals surface area contributed by atoms with Gasteiger partial charge in [-0.25, -0.2) is 0 Å². The van der Waals surface area contributed by atoms with Crippen LogP contribution in [0.1, 0.15) is 46.0 Å². The van der Waals surface area contributed by atoms with Gasteiger partial charge in [0.2, 0.25) is 0 Å². The third-order valence-electron chi connectivity index (χ3n) is 1.79. The standard InChI is InChI=1S/C9H16O.C4H6O/c1-3-5-6-7-8-9(10)4-2;1-3-4(2)5/h4H,2-3,5-8H2,1H3;3H,1H2,2H3. The number of allylic oxidation sites excluding steroid dienone is 2. The topological polar surface area (TPSA) is 34.1 Å². The highest BCUT2D eigenvalue weighted by atomic mass is 16.1. The Morgan fingerprint density at radius 1 is 1.07 bits per heavy atom. The fraction of sp³-hybridized carbons (Fsp3) is 0.538. The van der Waals surface area contributed by atoms with Crippen molar-refractivity contribution in [2.75, 3.05) is 0 Å². The molecule has 0 aromatic carbocycles. The molecule has 2 heteroatoms. The summed E-state index contributed by atoms with van der Waals surface area (Å²) in [6.07, 6.45) is 8.04. The summed E-state index contributed by atoms with van der Waals surface area (Å²) in [5.74, 6) is 0.195. The smallest absolute Gasteiger partial charge is 0.155 e. The quantitative estimate of drug-likeness (QED) is 0.476. The summed E-state index contributed by atoms with van der Waals surface area (Å²) in [7, 11) is 0. The maximum atomic E-state index is 10.7. The van der Waals surface area contributed by atoms with Gasteiger partial charge in [-0.05, 0) is 25.5 Å². The molecule has 0 aliphatic rings. The second-order valence-electron chi connectivity index (χ2n) is 3.30. The molecule has 0 heterocycles. The van der Waals surface area contributed by atoms with E-state index < -0.39 is 0 Å². The van der Waals surface area contributed by atoms with E-state index in [0.29, 0.717) is 6.42 Å². The lowest BCUT2D eigenvalue weighted by Crippen LogP contribution is -1.90. The Hall–Kier alpha value is -1.18. The van der Waals surface area contributed by atoms with Crippen molar-refractivity contribution in [1.82, 2.24) is 0 Å². The maximum absolute atomic E-state index is 10.7. The van der Waals surface area contributed by atoms with Gasteiger partial charge in [0.1, 0.15) is 0 Å². The zero-order chi connectivity index (χ0) is 12.1. The van der Waals surface area contributed by atoms with Crippen molar-refractivity contribution in [3.63, 3.8) is 0 Å². The Kier molecular flexibility index (Phi) is 13.9. The van der Waals surface area contributed by atoms with Crippen LogP contribution in [0.4, 0.5) is 0 Å². The molecule has 0 aromatic heterocycles. The first-order valence-electron chi connectivity index (χ1n) is 5.36.